The van der Waals surface area contributed by atoms with E-state index in [1.807, 2.05) is 24.3 Å². The Morgan fingerprint density at radius 3 is 3.00 bits per heavy atom. The van der Waals surface area contributed by atoms with Gasteiger partial charge in [-0.1, -0.05) is 17.7 Å². The van der Waals surface area contributed by atoms with Crippen molar-refractivity contribution in [1.29, 1.82) is 0 Å². The van der Waals surface area contributed by atoms with Gasteiger partial charge in [0.2, 0.25) is 0 Å². The van der Waals surface area contributed by atoms with Gasteiger partial charge in [0, 0.05) is 35.0 Å². The van der Waals surface area contributed by atoms with Gasteiger partial charge >= 0.3 is 0 Å². The molecule has 1 aromatic carbocycles. The van der Waals surface area contributed by atoms with Gasteiger partial charge in [-0.3, -0.25) is 4.98 Å². The molecule has 0 aliphatic rings. The summed E-state index contributed by atoms with van der Waals surface area (Å²) < 4.78 is 2.22. The summed E-state index contributed by atoms with van der Waals surface area (Å²) >= 11 is 6.17. The van der Waals surface area contributed by atoms with Gasteiger partial charge < -0.3 is 9.88 Å². The number of nitrogens with one attached hydrogen (secondary N) is 1. The van der Waals surface area contributed by atoms with Crippen LogP contribution in [0, 0.1) is 0 Å². The standard InChI is InChI=1S/C16H16ClN3/c1-2-20-8-4-6-14(20)11-19-15-10-13(17)9-12-5-3-7-18-16(12)15/h3-10,19H,2,11H2,1H3. The zero-order valence-electron chi connectivity index (χ0n) is 11.3. The van der Waals surface area contributed by atoms with Crippen LogP contribution < -0.4 is 5.32 Å². The van der Waals surface area contributed by atoms with E-state index in [1.165, 1.54) is 5.69 Å². The van der Waals surface area contributed by atoms with E-state index < -0.39 is 0 Å². The first-order chi connectivity index (χ1) is 9.78. The Bertz CT molecular complexity index is 733. The second-order valence-corrected chi connectivity index (χ2v) is 5.10. The van der Waals surface area contributed by atoms with E-state index in [-0.39, 0.29) is 0 Å². The highest BCUT2D eigenvalue weighted by molar-refractivity contribution is 6.31. The van der Waals surface area contributed by atoms with E-state index in [0.717, 1.165) is 34.7 Å². The lowest BCUT2D eigenvalue weighted by Crippen LogP contribution is -2.06. The molecule has 0 spiro atoms. The Morgan fingerprint density at radius 1 is 1.25 bits per heavy atom. The molecule has 3 rings (SSSR count). The van der Waals surface area contributed by atoms with Crippen LogP contribution in [0.3, 0.4) is 0 Å². The molecule has 0 saturated carbocycles. The highest BCUT2D eigenvalue weighted by atomic mass is 35.5. The van der Waals surface area contributed by atoms with E-state index >= 15 is 0 Å². The SMILES string of the molecule is CCn1cccc1CNc1cc(Cl)cc2cccnc12. The van der Waals surface area contributed by atoms with Crippen LogP contribution >= 0.6 is 11.6 Å². The van der Waals surface area contributed by atoms with Crippen molar-refractivity contribution >= 4 is 28.2 Å². The van der Waals surface area contributed by atoms with Crippen LogP contribution in [0.15, 0.2) is 48.8 Å². The summed E-state index contributed by atoms with van der Waals surface area (Å²) in [5, 5.41) is 5.21. The molecule has 0 amide bonds. The van der Waals surface area contributed by atoms with Crippen LogP contribution in [-0.2, 0) is 13.1 Å². The van der Waals surface area contributed by atoms with Gasteiger partial charge in [-0.05, 0) is 37.3 Å². The molecule has 3 nitrogen and oxygen atoms in total. The van der Waals surface area contributed by atoms with Crippen LogP contribution in [0.25, 0.3) is 10.9 Å². The van der Waals surface area contributed by atoms with Gasteiger partial charge in [0.25, 0.3) is 0 Å². The first-order valence-corrected chi connectivity index (χ1v) is 7.08. The molecule has 1 N–H and O–H groups in total. The number of rotatable bonds is 4. The summed E-state index contributed by atoms with van der Waals surface area (Å²) in [5.74, 6) is 0. The Morgan fingerprint density at radius 2 is 2.15 bits per heavy atom. The maximum absolute atomic E-state index is 6.17. The van der Waals surface area contributed by atoms with E-state index in [9.17, 15) is 0 Å². The Kier molecular flexibility index (Phi) is 3.61. The van der Waals surface area contributed by atoms with E-state index in [2.05, 4.69) is 40.1 Å². The summed E-state index contributed by atoms with van der Waals surface area (Å²) in [6, 6.07) is 12.0. The molecule has 0 aliphatic heterocycles. The summed E-state index contributed by atoms with van der Waals surface area (Å²) in [6.45, 7) is 3.87. The quantitative estimate of drug-likeness (QED) is 0.773. The molecule has 0 radical (unpaired) electrons. The molecule has 20 heavy (non-hydrogen) atoms. The topological polar surface area (TPSA) is 29.9 Å². The second-order valence-electron chi connectivity index (χ2n) is 4.67. The summed E-state index contributed by atoms with van der Waals surface area (Å²) in [5.41, 5.74) is 3.17. The molecule has 0 bridgehead atoms. The number of halogens is 1. The zero-order chi connectivity index (χ0) is 13.9. The Hall–Kier alpha value is -2.00. The minimum absolute atomic E-state index is 0.721. The maximum atomic E-state index is 6.17. The van der Waals surface area contributed by atoms with Crippen molar-refractivity contribution in [3.05, 3.63) is 59.5 Å². The van der Waals surface area contributed by atoms with Crippen molar-refractivity contribution in [3.8, 4) is 0 Å². The first-order valence-electron chi connectivity index (χ1n) is 6.70. The molecular weight excluding hydrogens is 270 g/mol. The second kappa shape index (κ2) is 5.55. The van der Waals surface area contributed by atoms with Crippen molar-refractivity contribution in [3.63, 3.8) is 0 Å². The number of anilines is 1. The monoisotopic (exact) mass is 285 g/mol. The molecule has 2 aromatic heterocycles. The lowest BCUT2D eigenvalue weighted by atomic mass is 10.2. The first kappa shape index (κ1) is 13.0. The molecule has 3 aromatic rings. The van der Waals surface area contributed by atoms with Crippen molar-refractivity contribution in [2.24, 2.45) is 0 Å². The predicted molar refractivity (Wildman–Crippen MR) is 84.2 cm³/mol. The molecule has 0 unspecified atom stereocenters. The third-order valence-electron chi connectivity index (χ3n) is 3.39. The zero-order valence-corrected chi connectivity index (χ0v) is 12.1. The Balaban J connectivity index is 1.91. The van der Waals surface area contributed by atoms with Gasteiger partial charge in [-0.25, -0.2) is 0 Å². The van der Waals surface area contributed by atoms with Crippen molar-refractivity contribution in [1.82, 2.24) is 9.55 Å². The average Bonchev–Trinajstić information content (AvgIpc) is 2.92. The van der Waals surface area contributed by atoms with Crippen molar-refractivity contribution < 1.29 is 0 Å². The minimum atomic E-state index is 0.721. The molecule has 102 valence electrons. The van der Waals surface area contributed by atoms with Gasteiger partial charge in [0.05, 0.1) is 17.7 Å². The average molecular weight is 286 g/mol. The fourth-order valence-corrected chi connectivity index (χ4v) is 2.62. The fraction of sp³-hybridized carbons (Fsp3) is 0.188. The molecular formula is C16H16ClN3. The van der Waals surface area contributed by atoms with E-state index in [0.29, 0.717) is 0 Å². The predicted octanol–water partition coefficient (Wildman–Crippen LogP) is 4.32. The third kappa shape index (κ3) is 2.49. The summed E-state index contributed by atoms with van der Waals surface area (Å²) in [6.07, 6.45) is 3.89. The van der Waals surface area contributed by atoms with E-state index in [4.69, 9.17) is 11.6 Å². The molecule has 0 fully saturated rings. The molecule has 0 atom stereocenters. The number of pyridine rings is 1. The van der Waals surface area contributed by atoms with Crippen LogP contribution in [0.2, 0.25) is 5.02 Å². The highest BCUT2D eigenvalue weighted by Crippen LogP contribution is 2.26. The Labute approximate surface area is 123 Å². The third-order valence-corrected chi connectivity index (χ3v) is 3.61. The van der Waals surface area contributed by atoms with Gasteiger partial charge in [0.15, 0.2) is 0 Å². The number of nitrogens with zero attached hydrogens (tertiary/aromatic N) is 2. The minimum Gasteiger partial charge on any atom is -0.378 e. The number of aromatic nitrogens is 2. The number of benzene rings is 1. The summed E-state index contributed by atoms with van der Waals surface area (Å²) in [7, 11) is 0. The lowest BCUT2D eigenvalue weighted by molar-refractivity contribution is 0.724. The summed E-state index contributed by atoms with van der Waals surface area (Å²) in [4.78, 5) is 4.44. The van der Waals surface area contributed by atoms with Crippen LogP contribution in [-0.4, -0.2) is 9.55 Å². The molecule has 0 saturated heterocycles. The molecule has 0 aliphatic carbocycles. The highest BCUT2D eigenvalue weighted by Gasteiger charge is 2.05. The number of fused-ring (bicyclic) bond motifs is 1. The largest absolute Gasteiger partial charge is 0.378 e. The number of hydrogen-bond donors (Lipinski definition) is 1. The molecule has 2 heterocycles. The van der Waals surface area contributed by atoms with Crippen LogP contribution in [0.1, 0.15) is 12.6 Å². The van der Waals surface area contributed by atoms with Crippen molar-refractivity contribution in [2.45, 2.75) is 20.0 Å². The van der Waals surface area contributed by atoms with Crippen molar-refractivity contribution in [2.75, 3.05) is 5.32 Å². The number of hydrogen-bond acceptors (Lipinski definition) is 2. The smallest absolute Gasteiger partial charge is 0.0934 e. The lowest BCUT2D eigenvalue weighted by Gasteiger charge is -2.11. The maximum Gasteiger partial charge on any atom is 0.0934 e. The van der Waals surface area contributed by atoms with Crippen LogP contribution in [0.5, 0.6) is 0 Å². The fourth-order valence-electron chi connectivity index (χ4n) is 2.39. The normalized spacial score (nSPS) is 10.9. The molecule has 4 heteroatoms. The number of aryl methyl sites for hydroxylation is 1. The van der Waals surface area contributed by atoms with Gasteiger partial charge in [-0.2, -0.15) is 0 Å². The van der Waals surface area contributed by atoms with E-state index in [1.54, 1.807) is 6.20 Å². The van der Waals surface area contributed by atoms with Crippen LogP contribution in [0.4, 0.5) is 5.69 Å². The van der Waals surface area contributed by atoms with Gasteiger partial charge in [0.1, 0.15) is 0 Å². The van der Waals surface area contributed by atoms with Gasteiger partial charge in [-0.15, -0.1) is 0 Å².